The van der Waals surface area contributed by atoms with Gasteiger partial charge in [0, 0.05) is 6.54 Å². The summed E-state index contributed by atoms with van der Waals surface area (Å²) < 4.78 is 3.25. The van der Waals surface area contributed by atoms with Gasteiger partial charge in [0.25, 0.3) is 0 Å². The highest BCUT2D eigenvalue weighted by Gasteiger charge is 2.13. The smallest absolute Gasteiger partial charge is 0.346 e. The first-order chi connectivity index (χ1) is 15.0. The summed E-state index contributed by atoms with van der Waals surface area (Å²) in [6, 6.07) is 14.6. The molecule has 0 saturated carbocycles. The van der Waals surface area contributed by atoms with Crippen LogP contribution in [0.2, 0.25) is 0 Å². The summed E-state index contributed by atoms with van der Waals surface area (Å²) in [7, 11) is 0. The van der Waals surface area contributed by atoms with Gasteiger partial charge in [-0.25, -0.2) is 14.3 Å². The molecule has 0 atom stereocenters. The molecular formula is C25H29N3O3. The van der Waals surface area contributed by atoms with Crippen molar-refractivity contribution in [1.82, 2.24) is 14.3 Å². The third-order valence-electron chi connectivity index (χ3n) is 5.19. The summed E-state index contributed by atoms with van der Waals surface area (Å²) in [5, 5.41) is 14.0. The highest BCUT2D eigenvalue weighted by Crippen LogP contribution is 2.24. The van der Waals surface area contributed by atoms with E-state index in [1.54, 1.807) is 27.4 Å². The van der Waals surface area contributed by atoms with E-state index in [2.05, 4.69) is 12.0 Å². The van der Waals surface area contributed by atoms with Gasteiger partial charge in [0.2, 0.25) is 0 Å². The van der Waals surface area contributed by atoms with Crippen LogP contribution in [-0.2, 0) is 13.1 Å². The minimum atomic E-state index is -0.950. The zero-order valence-electron chi connectivity index (χ0n) is 18.1. The predicted molar refractivity (Wildman–Crippen MR) is 123 cm³/mol. The minimum absolute atomic E-state index is 0.104. The van der Waals surface area contributed by atoms with E-state index in [1.165, 1.54) is 0 Å². The maximum absolute atomic E-state index is 12.9. The van der Waals surface area contributed by atoms with Crippen molar-refractivity contribution >= 4 is 12.0 Å². The van der Waals surface area contributed by atoms with Crippen molar-refractivity contribution in [3.63, 3.8) is 0 Å². The standard InChI is InChI=1S/C25H29N3O3/c1-3-5-9-17-28-25(31)27(23(26-28)12-6-4-2)18-19-13-15-20(16-14-19)21-10-7-8-11-22(21)24(29)30/h6-8,10-16H,3-5,9,17-18H2,1-2H3,(H,29,30). The normalized spacial score (nSPS) is 11.3. The Morgan fingerprint density at radius 1 is 1.06 bits per heavy atom. The number of aryl methyl sites for hydroxylation is 1. The van der Waals surface area contributed by atoms with Crippen molar-refractivity contribution < 1.29 is 9.90 Å². The lowest BCUT2D eigenvalue weighted by molar-refractivity contribution is 0.0697. The Kier molecular flexibility index (Phi) is 7.60. The molecular weight excluding hydrogens is 390 g/mol. The fraction of sp³-hybridized carbons (Fsp3) is 0.320. The van der Waals surface area contributed by atoms with E-state index < -0.39 is 5.97 Å². The highest BCUT2D eigenvalue weighted by molar-refractivity contribution is 5.95. The second kappa shape index (κ2) is 10.6. The molecule has 0 unspecified atom stereocenters. The summed E-state index contributed by atoms with van der Waals surface area (Å²) in [5.41, 5.74) is 2.63. The van der Waals surface area contributed by atoms with E-state index in [-0.39, 0.29) is 11.3 Å². The van der Waals surface area contributed by atoms with Crippen molar-refractivity contribution in [2.75, 3.05) is 0 Å². The number of unbranched alkanes of at least 4 members (excludes halogenated alkanes) is 2. The topological polar surface area (TPSA) is 77.1 Å². The molecule has 0 aliphatic heterocycles. The van der Waals surface area contributed by atoms with Crippen LogP contribution in [0, 0.1) is 0 Å². The van der Waals surface area contributed by atoms with Crippen molar-refractivity contribution in [3.8, 4) is 11.1 Å². The molecule has 0 radical (unpaired) electrons. The molecule has 0 fully saturated rings. The Morgan fingerprint density at radius 2 is 1.81 bits per heavy atom. The van der Waals surface area contributed by atoms with Gasteiger partial charge in [-0.2, -0.15) is 5.10 Å². The number of benzene rings is 2. The van der Waals surface area contributed by atoms with Crippen LogP contribution < -0.4 is 5.69 Å². The van der Waals surface area contributed by atoms with Crippen molar-refractivity contribution in [2.45, 2.75) is 52.6 Å². The Labute approximate surface area is 182 Å². The van der Waals surface area contributed by atoms with Crippen molar-refractivity contribution in [2.24, 2.45) is 0 Å². The van der Waals surface area contributed by atoms with Crippen LogP contribution in [0.1, 0.15) is 61.3 Å². The molecule has 6 nitrogen and oxygen atoms in total. The molecule has 3 aromatic rings. The van der Waals surface area contributed by atoms with Crippen LogP contribution in [-0.4, -0.2) is 25.4 Å². The second-order valence-corrected chi connectivity index (χ2v) is 7.52. The van der Waals surface area contributed by atoms with Gasteiger partial charge in [-0.1, -0.05) is 75.2 Å². The van der Waals surface area contributed by atoms with Gasteiger partial charge in [-0.15, -0.1) is 0 Å². The average molecular weight is 420 g/mol. The number of nitrogens with zero attached hydrogens (tertiary/aromatic N) is 3. The first-order valence-electron chi connectivity index (χ1n) is 10.8. The van der Waals surface area contributed by atoms with Crippen molar-refractivity contribution in [1.29, 1.82) is 0 Å². The first-order valence-corrected chi connectivity index (χ1v) is 10.8. The van der Waals surface area contributed by atoms with Gasteiger partial charge >= 0.3 is 11.7 Å². The second-order valence-electron chi connectivity index (χ2n) is 7.52. The Morgan fingerprint density at radius 3 is 2.48 bits per heavy atom. The number of hydrogen-bond acceptors (Lipinski definition) is 3. The predicted octanol–water partition coefficient (Wildman–Crippen LogP) is 5.07. The lowest BCUT2D eigenvalue weighted by Crippen LogP contribution is -2.25. The van der Waals surface area contributed by atoms with Gasteiger partial charge in [0.05, 0.1) is 12.1 Å². The molecule has 31 heavy (non-hydrogen) atoms. The van der Waals surface area contributed by atoms with Crippen LogP contribution >= 0.6 is 0 Å². The molecule has 162 valence electrons. The summed E-state index contributed by atoms with van der Waals surface area (Å²) >= 11 is 0. The largest absolute Gasteiger partial charge is 0.478 e. The van der Waals surface area contributed by atoms with E-state index >= 15 is 0 Å². The summed E-state index contributed by atoms with van der Waals surface area (Å²) in [5.74, 6) is -0.294. The lowest BCUT2D eigenvalue weighted by atomic mass is 9.99. The molecule has 1 heterocycles. The van der Waals surface area contributed by atoms with E-state index in [4.69, 9.17) is 0 Å². The van der Waals surface area contributed by atoms with Gasteiger partial charge in [-0.3, -0.25) is 4.57 Å². The summed E-state index contributed by atoms with van der Waals surface area (Å²) in [6.07, 6.45) is 7.86. The van der Waals surface area contributed by atoms with Gasteiger partial charge in [-0.05, 0) is 41.7 Å². The molecule has 6 heteroatoms. The fourth-order valence-corrected chi connectivity index (χ4v) is 3.50. The molecule has 0 amide bonds. The van der Waals surface area contributed by atoms with Gasteiger partial charge in [0.1, 0.15) is 0 Å². The summed E-state index contributed by atoms with van der Waals surface area (Å²) in [4.78, 5) is 24.4. The zero-order valence-corrected chi connectivity index (χ0v) is 18.1. The van der Waals surface area contributed by atoms with Crippen LogP contribution in [0.15, 0.2) is 59.4 Å². The quantitative estimate of drug-likeness (QED) is 0.465. The number of aromatic carboxylic acids is 1. The third kappa shape index (κ3) is 5.40. The van der Waals surface area contributed by atoms with Gasteiger partial charge < -0.3 is 5.11 Å². The van der Waals surface area contributed by atoms with E-state index in [0.717, 1.165) is 36.8 Å². The first kappa shape index (κ1) is 22.3. The maximum atomic E-state index is 12.9. The minimum Gasteiger partial charge on any atom is -0.478 e. The number of hydrogen-bond donors (Lipinski definition) is 1. The number of carboxylic acid groups (broad SMARTS) is 1. The number of rotatable bonds is 10. The number of allylic oxidation sites excluding steroid dienone is 1. The fourth-order valence-electron chi connectivity index (χ4n) is 3.50. The molecule has 0 spiro atoms. The summed E-state index contributed by atoms with van der Waals surface area (Å²) in [6.45, 7) is 5.22. The van der Waals surface area contributed by atoms with E-state index in [0.29, 0.717) is 24.5 Å². The SMILES string of the molecule is CCC=Cc1nn(CCCCC)c(=O)n1Cc1ccc(-c2ccccc2C(=O)O)cc1. The number of carboxylic acids is 1. The van der Waals surface area contributed by atoms with E-state index in [9.17, 15) is 14.7 Å². The molecule has 0 bridgehead atoms. The lowest BCUT2D eigenvalue weighted by Gasteiger charge is -2.08. The van der Waals surface area contributed by atoms with Crippen LogP contribution in [0.25, 0.3) is 17.2 Å². The number of aromatic nitrogens is 3. The van der Waals surface area contributed by atoms with E-state index in [1.807, 2.05) is 49.4 Å². The Balaban J connectivity index is 1.88. The average Bonchev–Trinajstić information content (AvgIpc) is 3.07. The molecule has 0 aliphatic carbocycles. The maximum Gasteiger partial charge on any atom is 0.346 e. The molecule has 2 aromatic carbocycles. The Bertz CT molecular complexity index is 1110. The van der Waals surface area contributed by atoms with Crippen molar-refractivity contribution in [3.05, 3.63) is 82.0 Å². The highest BCUT2D eigenvalue weighted by atomic mass is 16.4. The monoisotopic (exact) mass is 419 g/mol. The van der Waals surface area contributed by atoms with Crippen LogP contribution in [0.3, 0.4) is 0 Å². The van der Waals surface area contributed by atoms with Gasteiger partial charge in [0.15, 0.2) is 5.82 Å². The Hall–Kier alpha value is -3.41. The number of carbonyl (C=O) groups is 1. The zero-order chi connectivity index (χ0) is 22.2. The molecule has 1 aromatic heterocycles. The molecule has 1 N–H and O–H groups in total. The van der Waals surface area contributed by atoms with Crippen LogP contribution in [0.4, 0.5) is 0 Å². The molecule has 0 saturated heterocycles. The third-order valence-corrected chi connectivity index (χ3v) is 5.19. The molecule has 0 aliphatic rings. The molecule has 3 rings (SSSR count). The van der Waals surface area contributed by atoms with Crippen LogP contribution in [0.5, 0.6) is 0 Å².